The van der Waals surface area contributed by atoms with Crippen molar-refractivity contribution in [3.8, 4) is 0 Å². The Hall–Kier alpha value is -1.22. The molecule has 1 aliphatic heterocycles. The number of hydrogen-bond acceptors (Lipinski definition) is 8. The fourth-order valence-corrected chi connectivity index (χ4v) is 7.37. The minimum atomic E-state index is -0.459. The van der Waals surface area contributed by atoms with Gasteiger partial charge in [-0.3, -0.25) is 9.59 Å². The van der Waals surface area contributed by atoms with Gasteiger partial charge < -0.3 is 30.4 Å². The maximum absolute atomic E-state index is 12.0. The molecule has 8 heteroatoms. The van der Waals surface area contributed by atoms with E-state index in [2.05, 4.69) is 5.32 Å². The van der Waals surface area contributed by atoms with Crippen molar-refractivity contribution in [1.82, 2.24) is 5.32 Å². The summed E-state index contributed by atoms with van der Waals surface area (Å²) in [5, 5.41) is 14.4. The summed E-state index contributed by atoms with van der Waals surface area (Å²) in [5.41, 5.74) is 6.14. The number of methoxy groups -OCH3 is 1. The fourth-order valence-electron chi connectivity index (χ4n) is 7.37. The number of ether oxygens (including phenoxy) is 3. The summed E-state index contributed by atoms with van der Waals surface area (Å²) in [4.78, 5) is 24.0. The molecule has 0 bridgehead atoms. The quantitative estimate of drug-likeness (QED) is 0.330. The summed E-state index contributed by atoms with van der Waals surface area (Å²) in [7, 11) is 1.69. The van der Waals surface area contributed by atoms with Crippen LogP contribution >= 0.6 is 0 Å². The maximum Gasteiger partial charge on any atom is 0.302 e. The summed E-state index contributed by atoms with van der Waals surface area (Å²) in [6, 6.07) is 0. The summed E-state index contributed by atoms with van der Waals surface area (Å²) >= 11 is 0. The van der Waals surface area contributed by atoms with Gasteiger partial charge in [-0.05, 0) is 88.0 Å². The van der Waals surface area contributed by atoms with E-state index in [0.717, 1.165) is 77.2 Å². The van der Waals surface area contributed by atoms with Crippen molar-refractivity contribution >= 4 is 11.9 Å². The lowest BCUT2D eigenvalue weighted by Gasteiger charge is -2.41. The molecule has 3 rings (SSSR count). The zero-order valence-corrected chi connectivity index (χ0v) is 24.1. The van der Waals surface area contributed by atoms with Crippen molar-refractivity contribution in [1.29, 1.82) is 0 Å². The van der Waals surface area contributed by atoms with Crippen molar-refractivity contribution in [3.05, 3.63) is 0 Å². The highest BCUT2D eigenvalue weighted by molar-refractivity contribution is 5.66. The normalized spacial score (nSPS) is 33.0. The van der Waals surface area contributed by atoms with Gasteiger partial charge in [-0.15, -0.1) is 0 Å². The molecule has 1 heterocycles. The van der Waals surface area contributed by atoms with Gasteiger partial charge in [0.25, 0.3) is 0 Å². The molecular weight excluding hydrogens is 484 g/mol. The van der Waals surface area contributed by atoms with Crippen molar-refractivity contribution in [2.45, 2.75) is 141 Å². The van der Waals surface area contributed by atoms with E-state index >= 15 is 0 Å². The molecule has 0 spiro atoms. The van der Waals surface area contributed by atoms with E-state index in [-0.39, 0.29) is 42.3 Å². The summed E-state index contributed by atoms with van der Waals surface area (Å²) in [5.74, 6) is 0.858. The molecule has 3 aliphatic rings. The van der Waals surface area contributed by atoms with E-state index in [1.165, 1.54) is 33.1 Å². The van der Waals surface area contributed by atoms with Crippen LogP contribution in [-0.4, -0.2) is 61.3 Å². The van der Waals surface area contributed by atoms with E-state index in [4.69, 9.17) is 19.9 Å². The van der Waals surface area contributed by atoms with Crippen LogP contribution in [0.4, 0.5) is 0 Å². The highest BCUT2D eigenvalue weighted by Gasteiger charge is 2.39. The largest absolute Gasteiger partial charge is 0.462 e. The van der Waals surface area contributed by atoms with Crippen LogP contribution in [-0.2, 0) is 23.8 Å². The molecule has 0 amide bonds. The number of piperidine rings is 1. The number of hydrogen-bond donors (Lipinski definition) is 3. The molecule has 220 valence electrons. The van der Waals surface area contributed by atoms with E-state index in [1.54, 1.807) is 7.11 Å². The predicted molar refractivity (Wildman–Crippen MR) is 147 cm³/mol. The number of carbonyl (C=O) groups is 2. The van der Waals surface area contributed by atoms with Gasteiger partial charge in [0.2, 0.25) is 0 Å². The average Bonchev–Trinajstić information content (AvgIpc) is 2.83. The molecule has 0 aromatic carbocycles. The van der Waals surface area contributed by atoms with Crippen LogP contribution in [0, 0.1) is 23.7 Å². The Morgan fingerprint density at radius 1 is 0.947 bits per heavy atom. The zero-order chi connectivity index (χ0) is 27.5. The highest BCUT2D eigenvalue weighted by Crippen LogP contribution is 2.39. The molecule has 8 nitrogen and oxygen atoms in total. The third-order valence-electron chi connectivity index (χ3n) is 9.27. The number of nitrogens with one attached hydrogen (secondary N) is 1. The SMILES string of the molecule is COC1CC(CCC(CC(OC(C)=O)C2CCCCCCC2)OC(C)=O)CC(CC2CCNC(N)C2)C1O. The van der Waals surface area contributed by atoms with Gasteiger partial charge in [-0.25, -0.2) is 0 Å². The standard InChI is InChI=1S/C30H54N2O6/c1-20(33)37-26(19-27(38-21(2)34)24-9-7-5-4-6-8-10-24)12-11-22-15-25(30(35)28(17-22)36-3)16-23-13-14-32-29(31)18-23/h22-30,32,35H,4-19,31H2,1-3H3. The summed E-state index contributed by atoms with van der Waals surface area (Å²) < 4.78 is 17.4. The molecule has 3 fully saturated rings. The third-order valence-corrected chi connectivity index (χ3v) is 9.27. The monoisotopic (exact) mass is 538 g/mol. The Labute approximate surface area is 230 Å². The van der Waals surface area contributed by atoms with Crippen LogP contribution in [0.2, 0.25) is 0 Å². The van der Waals surface area contributed by atoms with Gasteiger partial charge in [-0.1, -0.05) is 32.1 Å². The topological polar surface area (TPSA) is 120 Å². The van der Waals surface area contributed by atoms with Gasteiger partial charge in [-0.2, -0.15) is 0 Å². The molecule has 8 unspecified atom stereocenters. The van der Waals surface area contributed by atoms with Gasteiger partial charge >= 0.3 is 11.9 Å². The molecule has 8 atom stereocenters. The summed E-state index contributed by atoms with van der Waals surface area (Å²) in [6.07, 6.45) is 14.0. The third kappa shape index (κ3) is 10.4. The Morgan fingerprint density at radius 3 is 2.26 bits per heavy atom. The van der Waals surface area contributed by atoms with Crippen LogP contribution in [0.25, 0.3) is 0 Å². The van der Waals surface area contributed by atoms with Crippen LogP contribution in [0.3, 0.4) is 0 Å². The number of aliphatic hydroxyl groups excluding tert-OH is 1. The van der Waals surface area contributed by atoms with Crippen molar-refractivity contribution in [2.24, 2.45) is 29.4 Å². The van der Waals surface area contributed by atoms with E-state index in [1.807, 2.05) is 0 Å². The second-order valence-electron chi connectivity index (χ2n) is 12.3. The van der Waals surface area contributed by atoms with Crippen LogP contribution in [0.5, 0.6) is 0 Å². The van der Waals surface area contributed by atoms with Crippen molar-refractivity contribution in [3.63, 3.8) is 0 Å². The first-order chi connectivity index (χ1) is 18.2. The smallest absolute Gasteiger partial charge is 0.302 e. The molecule has 2 saturated carbocycles. The van der Waals surface area contributed by atoms with E-state index < -0.39 is 6.10 Å². The molecule has 2 aliphatic carbocycles. The number of carbonyl (C=O) groups excluding carboxylic acids is 2. The number of rotatable bonds is 11. The zero-order valence-electron chi connectivity index (χ0n) is 24.1. The van der Waals surface area contributed by atoms with E-state index in [9.17, 15) is 14.7 Å². The van der Waals surface area contributed by atoms with Gasteiger partial charge in [0.15, 0.2) is 0 Å². The lowest BCUT2D eigenvalue weighted by Crippen LogP contribution is -2.47. The Kier molecular flexibility index (Phi) is 13.3. The number of nitrogens with two attached hydrogens (primary N) is 1. The molecule has 0 radical (unpaired) electrons. The molecule has 1 saturated heterocycles. The van der Waals surface area contributed by atoms with Gasteiger partial charge in [0.05, 0.1) is 18.4 Å². The molecule has 38 heavy (non-hydrogen) atoms. The first kappa shape index (κ1) is 31.3. The molecule has 0 aromatic rings. The second-order valence-corrected chi connectivity index (χ2v) is 12.3. The maximum atomic E-state index is 12.0. The van der Waals surface area contributed by atoms with Crippen LogP contribution in [0.1, 0.15) is 110 Å². The van der Waals surface area contributed by atoms with Crippen molar-refractivity contribution < 1.29 is 28.9 Å². The molecular formula is C30H54N2O6. The van der Waals surface area contributed by atoms with Crippen LogP contribution < -0.4 is 11.1 Å². The van der Waals surface area contributed by atoms with Gasteiger partial charge in [0, 0.05) is 27.4 Å². The summed E-state index contributed by atoms with van der Waals surface area (Å²) in [6.45, 7) is 3.87. The molecule has 0 aromatic heterocycles. The van der Waals surface area contributed by atoms with Crippen molar-refractivity contribution in [2.75, 3.05) is 13.7 Å². The van der Waals surface area contributed by atoms with E-state index in [0.29, 0.717) is 24.2 Å². The lowest BCUT2D eigenvalue weighted by atomic mass is 9.71. The minimum absolute atomic E-state index is 0.0380. The van der Waals surface area contributed by atoms with Crippen LogP contribution in [0.15, 0.2) is 0 Å². The Morgan fingerprint density at radius 2 is 1.63 bits per heavy atom. The lowest BCUT2D eigenvalue weighted by molar-refractivity contribution is -0.156. The highest BCUT2D eigenvalue weighted by atomic mass is 16.6. The average molecular weight is 539 g/mol. The fraction of sp³-hybridized carbons (Fsp3) is 0.933. The Balaban J connectivity index is 1.62. The molecule has 4 N–H and O–H groups in total. The first-order valence-corrected chi connectivity index (χ1v) is 15.3. The van der Waals surface area contributed by atoms with Gasteiger partial charge in [0.1, 0.15) is 12.2 Å². The first-order valence-electron chi connectivity index (χ1n) is 15.3. The second kappa shape index (κ2) is 16.1. The number of aliphatic hydroxyl groups is 1. The minimum Gasteiger partial charge on any atom is -0.462 e. The predicted octanol–water partition coefficient (Wildman–Crippen LogP) is 4.46. The Bertz CT molecular complexity index is 713. The number of esters is 2.